The molecular weight excluding hydrogens is 1210 g/mol. The summed E-state index contributed by atoms with van der Waals surface area (Å²) in [5.74, 6) is 4.65. The number of carbonyl (C=O) groups excluding carboxylic acids is 4. The van der Waals surface area contributed by atoms with Crippen molar-refractivity contribution in [3.63, 3.8) is 0 Å². The molecule has 2 aliphatic carbocycles. The highest BCUT2D eigenvalue weighted by Crippen LogP contribution is 2.50. The fraction of sp³-hybridized carbons (Fsp3) is 0.589. The molecule has 0 radical (unpaired) electrons. The highest BCUT2D eigenvalue weighted by Gasteiger charge is 2.48. The van der Waals surface area contributed by atoms with Crippen LogP contribution in [0.2, 0.25) is 21.6 Å². The van der Waals surface area contributed by atoms with Crippen LogP contribution in [0.25, 0.3) is 32.8 Å². The Morgan fingerprint density at radius 3 is 2.13 bits per heavy atom. The van der Waals surface area contributed by atoms with Gasteiger partial charge in [-0.2, -0.15) is 9.97 Å². The number of nitrogens with one attached hydrogen (secondary N) is 1. The van der Waals surface area contributed by atoms with Gasteiger partial charge in [0.05, 0.1) is 29.4 Å². The number of hydrogen-bond acceptors (Lipinski definition) is 13. The van der Waals surface area contributed by atoms with Crippen LogP contribution in [0.3, 0.4) is 0 Å². The second kappa shape index (κ2) is 26.9. The Bertz CT molecular complexity index is 3670. The number of benzene rings is 4. The maximum Gasteiger partial charge on any atom is 0.410 e. The number of rotatable bonds is 17. The lowest BCUT2D eigenvalue weighted by Gasteiger charge is -2.47. The van der Waals surface area contributed by atoms with E-state index in [2.05, 4.69) is 79.1 Å². The second-order valence-electron chi connectivity index (χ2n) is 29.9. The number of likely N-dealkylation sites (tertiary alicyclic amines) is 1. The van der Waals surface area contributed by atoms with Crippen molar-refractivity contribution in [3.05, 3.63) is 82.6 Å². The highest BCUT2D eigenvalue weighted by atomic mass is 35.5. The first-order valence-electron chi connectivity index (χ1n) is 34.2. The quantitative estimate of drug-likeness (QED) is 0.0532. The van der Waals surface area contributed by atoms with Crippen LogP contribution < -0.4 is 24.6 Å². The van der Waals surface area contributed by atoms with Crippen molar-refractivity contribution in [1.82, 2.24) is 34.9 Å². The lowest BCUT2D eigenvalue weighted by molar-refractivity contribution is -0.120. The summed E-state index contributed by atoms with van der Waals surface area (Å²) in [5.41, 5.74) is 7.75. The molecule has 7 fully saturated rings. The number of nitrogens with zero attached hydrogens (tertiary/aromatic N) is 8. The monoisotopic (exact) mass is 1310 g/mol. The largest absolute Gasteiger partial charge is 0.468 e. The number of urea groups is 1. The Morgan fingerprint density at radius 2 is 1.48 bits per heavy atom. The normalized spacial score (nSPS) is 21.3. The van der Waals surface area contributed by atoms with E-state index in [0.29, 0.717) is 99.7 Å². The van der Waals surface area contributed by atoms with Crippen LogP contribution in [0.1, 0.15) is 149 Å². The first kappa shape index (κ1) is 66.5. The molecule has 2 unspecified atom stereocenters. The SMILES string of the molecule is COCOc1cc(-c2ccc3c(N4CC5CCC(C4)N5C(=O)OC(C)(C)C)nc(OCC4(CN5CCN(CC6CCC7(CC6)CCN(C(=O)c6ccc(Cl)c(N8CCC(=O)NC8=O)c6)CC7)CC5)CC4)nc3c2F)c2c(C#C[Si](C(C)C)(C(C)C)C(C)C)cccc2c1. The number of amides is 5. The third-order valence-corrected chi connectivity index (χ3v) is 28.4. The third-order valence-electron chi connectivity index (χ3n) is 21.8. The number of fused-ring (bicyclic) bond motifs is 4. The Morgan fingerprint density at radius 1 is 0.796 bits per heavy atom. The van der Waals surface area contributed by atoms with E-state index in [1.807, 2.05) is 67.0 Å². The number of ether oxygens (including phenoxy) is 4. The number of piperidine rings is 1. The van der Waals surface area contributed by atoms with Crippen LogP contribution in [-0.2, 0) is 14.3 Å². The van der Waals surface area contributed by atoms with Crippen LogP contribution in [0.5, 0.6) is 11.8 Å². The van der Waals surface area contributed by atoms with E-state index in [1.54, 1.807) is 25.3 Å². The molecule has 5 saturated heterocycles. The van der Waals surface area contributed by atoms with Gasteiger partial charge in [0.2, 0.25) is 5.91 Å². The number of imide groups is 1. The van der Waals surface area contributed by atoms with Crippen LogP contribution in [0, 0.1) is 34.0 Å². The summed E-state index contributed by atoms with van der Waals surface area (Å²) >= 11 is 6.51. The van der Waals surface area contributed by atoms with Gasteiger partial charge in [0.1, 0.15) is 30.8 Å². The number of piperazine rings is 2. The predicted octanol–water partition coefficient (Wildman–Crippen LogP) is 13.7. The van der Waals surface area contributed by atoms with Crippen molar-refractivity contribution in [2.45, 2.75) is 167 Å². The first-order chi connectivity index (χ1) is 44.4. The van der Waals surface area contributed by atoms with Crippen LogP contribution >= 0.6 is 11.6 Å². The number of anilines is 2. The molecule has 5 aliphatic heterocycles. The average molecular weight is 1310 g/mol. The second-order valence-corrected chi connectivity index (χ2v) is 35.9. The minimum Gasteiger partial charge on any atom is -0.468 e. The van der Waals surface area contributed by atoms with Crippen LogP contribution in [0.4, 0.5) is 25.5 Å². The number of halogens is 2. The maximum atomic E-state index is 18.4. The van der Waals surface area contributed by atoms with E-state index in [1.165, 1.54) is 30.6 Å². The minimum absolute atomic E-state index is 0.0264. The Kier molecular flexibility index (Phi) is 19.2. The van der Waals surface area contributed by atoms with Gasteiger partial charge in [-0.3, -0.25) is 24.7 Å². The molecule has 20 heteroatoms. The van der Waals surface area contributed by atoms with E-state index < -0.39 is 25.5 Å². The summed E-state index contributed by atoms with van der Waals surface area (Å²) in [7, 11) is -0.569. The van der Waals surface area contributed by atoms with Gasteiger partial charge in [0, 0.05) is 118 Å². The smallest absolute Gasteiger partial charge is 0.410 e. The van der Waals surface area contributed by atoms with Gasteiger partial charge in [0.15, 0.2) is 12.6 Å². The van der Waals surface area contributed by atoms with Crippen LogP contribution in [0.15, 0.2) is 60.7 Å². The molecule has 2 bridgehead atoms. The van der Waals surface area contributed by atoms with Gasteiger partial charge in [-0.25, -0.2) is 14.0 Å². The first-order valence-corrected chi connectivity index (χ1v) is 36.8. The number of carbonyl (C=O) groups is 4. The standard InChI is InChI=1S/C73H95ClFN9O8Si/c1-47(2)93(48(3)4,49(5)6)37-23-51-12-11-13-52-38-56(91-46-89-10)40-59(63(51)52)57-17-18-58-65(64(57)75)77-68(78-66(58)82-42-54-15-16-55(43-82)84(54)70(88)92-71(7,8)9)90-45-73(26-27-73)44-80-35-33-79(34-36-80)41-50-20-24-72(25-21-50)28-31-81(32-29-72)67(86)53-14-19-60(74)61(39-53)83-30-22-62(85)76-69(83)87/h11-14,17-19,38-40,47-50,54-55H,15-16,20-22,24-36,41-46H2,1-10H3,(H,76,85,87). The summed E-state index contributed by atoms with van der Waals surface area (Å²) in [4.78, 5) is 74.9. The van der Waals surface area contributed by atoms with E-state index >= 15 is 4.39 Å². The Hall–Kier alpha value is -6.56. The summed E-state index contributed by atoms with van der Waals surface area (Å²) in [5, 5.41) is 5.00. The molecule has 12 rings (SSSR count). The Balaban J connectivity index is 0.729. The van der Waals surface area contributed by atoms with Gasteiger partial charge < -0.3 is 38.5 Å². The fourth-order valence-electron chi connectivity index (χ4n) is 16.6. The molecule has 5 amide bonds. The summed E-state index contributed by atoms with van der Waals surface area (Å²) in [6.45, 7) is 28.7. The molecule has 2 atom stereocenters. The zero-order valence-electron chi connectivity index (χ0n) is 56.3. The van der Waals surface area contributed by atoms with Gasteiger partial charge >= 0.3 is 18.1 Å². The third kappa shape index (κ3) is 14.0. The number of hydrogen-bond donors (Lipinski definition) is 1. The molecule has 1 aromatic heterocycles. The lowest BCUT2D eigenvalue weighted by Crippen LogP contribution is -2.57. The number of methoxy groups -OCH3 is 1. The zero-order valence-corrected chi connectivity index (χ0v) is 58.1. The van der Waals surface area contributed by atoms with Crippen molar-refractivity contribution >= 4 is 76.8 Å². The molecule has 7 aliphatic rings. The fourth-order valence-corrected chi connectivity index (χ4v) is 22.0. The van der Waals surface area contributed by atoms with Gasteiger partial charge in [-0.05, 0) is 166 Å². The van der Waals surface area contributed by atoms with Crippen molar-refractivity contribution in [3.8, 4) is 34.4 Å². The zero-order chi connectivity index (χ0) is 65.7. The summed E-state index contributed by atoms with van der Waals surface area (Å²) in [6, 6.07) is 18.3. The molecule has 6 heterocycles. The van der Waals surface area contributed by atoms with E-state index in [9.17, 15) is 19.2 Å². The molecule has 93 heavy (non-hydrogen) atoms. The van der Waals surface area contributed by atoms with Gasteiger partial charge in [0.25, 0.3) is 5.91 Å². The molecule has 17 nitrogen and oxygen atoms in total. The predicted molar refractivity (Wildman–Crippen MR) is 366 cm³/mol. The van der Waals surface area contributed by atoms with Crippen molar-refractivity contribution in [1.29, 1.82) is 0 Å². The van der Waals surface area contributed by atoms with Crippen molar-refractivity contribution < 1.29 is 42.5 Å². The van der Waals surface area contributed by atoms with Crippen LogP contribution in [-0.4, -0.2) is 172 Å². The molecule has 1 N–H and O–H groups in total. The van der Waals surface area contributed by atoms with Crippen molar-refractivity contribution in [2.24, 2.45) is 16.7 Å². The molecule has 4 aromatic carbocycles. The molecule has 1 spiro atoms. The average Bonchev–Trinajstić information content (AvgIpc) is 1.41. The number of aromatic nitrogens is 2. The lowest BCUT2D eigenvalue weighted by atomic mass is 9.65. The summed E-state index contributed by atoms with van der Waals surface area (Å²) in [6.07, 6.45) is 10.3. The van der Waals surface area contributed by atoms with E-state index in [0.717, 1.165) is 94.1 Å². The molecular formula is C73H95ClFN9O8Si. The molecule has 2 saturated carbocycles. The van der Waals surface area contributed by atoms with Gasteiger partial charge in [-0.15, -0.1) is 5.54 Å². The van der Waals surface area contributed by atoms with Gasteiger partial charge in [-0.1, -0.05) is 77.3 Å². The summed E-state index contributed by atoms with van der Waals surface area (Å²) < 4.78 is 42.6. The molecule has 498 valence electrons. The Labute approximate surface area is 554 Å². The van der Waals surface area contributed by atoms with E-state index in [-0.39, 0.29) is 72.1 Å². The molecule has 5 aromatic rings. The van der Waals surface area contributed by atoms with E-state index in [4.69, 9.17) is 40.5 Å². The highest BCUT2D eigenvalue weighted by molar-refractivity contribution is 6.90. The minimum atomic E-state index is -2.15. The van der Waals surface area contributed by atoms with Crippen molar-refractivity contribution in [2.75, 3.05) is 102 Å². The maximum absolute atomic E-state index is 18.4. The topological polar surface area (TPSA) is 162 Å².